The van der Waals surface area contributed by atoms with Crippen LogP contribution in [0.5, 0.6) is 0 Å². The number of rotatable bonds is 16. The highest BCUT2D eigenvalue weighted by Gasteiger charge is 2.34. The Kier molecular flexibility index (Phi) is 14.2. The average Bonchev–Trinajstić information content (AvgIpc) is 3.31. The van der Waals surface area contributed by atoms with Gasteiger partial charge in [-0.05, 0) is 32.1 Å². The summed E-state index contributed by atoms with van der Waals surface area (Å²) in [7, 11) is 1.67. The van der Waals surface area contributed by atoms with Crippen LogP contribution in [0, 0.1) is 5.92 Å². The third-order valence-corrected chi connectivity index (χ3v) is 6.51. The second-order valence-corrected chi connectivity index (χ2v) is 9.66. The number of nitrogens with zero attached hydrogens (tertiary/aromatic N) is 2. The van der Waals surface area contributed by atoms with E-state index >= 15 is 0 Å². The maximum atomic E-state index is 13.2. The third kappa shape index (κ3) is 9.85. The number of carbonyl (C=O) groups is 4. The number of nitrogens with one attached hydrogen (secondary N) is 2. The van der Waals surface area contributed by atoms with E-state index < -0.39 is 6.04 Å². The van der Waals surface area contributed by atoms with E-state index in [9.17, 15) is 19.2 Å². The summed E-state index contributed by atoms with van der Waals surface area (Å²) in [5.41, 5.74) is 0.522. The molecule has 2 atom stereocenters. The zero-order valence-corrected chi connectivity index (χ0v) is 21.9. The summed E-state index contributed by atoms with van der Waals surface area (Å²) in [6.07, 6.45) is 12.1. The molecule has 2 N–H and O–H groups in total. The smallest absolute Gasteiger partial charge is 0.249 e. The Hall–Kier alpha value is -2.38. The van der Waals surface area contributed by atoms with Gasteiger partial charge in [-0.3, -0.25) is 19.2 Å². The summed E-state index contributed by atoms with van der Waals surface area (Å²) in [5, 5.41) is 5.41. The Bertz CT molecular complexity index is 692. The Morgan fingerprint density at radius 1 is 1.09 bits per heavy atom. The first kappa shape index (κ1) is 29.7. The molecule has 0 aliphatic carbocycles. The number of likely N-dealkylation sites (N-methyl/N-ethyl adjacent to an activating group) is 1. The fraction of sp³-hybridized carbons (Fsp3) is 0.769. The van der Waals surface area contributed by atoms with Crippen LogP contribution in [0.3, 0.4) is 0 Å². The molecule has 1 saturated heterocycles. The fourth-order valence-electron chi connectivity index (χ4n) is 4.42. The molecule has 0 radical (unpaired) electrons. The first-order valence-corrected chi connectivity index (χ1v) is 12.9. The molecule has 1 aliphatic rings. The lowest BCUT2D eigenvalue weighted by atomic mass is 9.99. The molecule has 8 heteroatoms. The maximum absolute atomic E-state index is 13.2. The van der Waals surface area contributed by atoms with E-state index in [-0.39, 0.29) is 36.2 Å². The number of hydrogen-bond donors (Lipinski definition) is 2. The van der Waals surface area contributed by atoms with Gasteiger partial charge in [-0.15, -0.1) is 0 Å². The van der Waals surface area contributed by atoms with Crippen molar-refractivity contribution < 1.29 is 19.2 Å². The van der Waals surface area contributed by atoms with Gasteiger partial charge in [0.2, 0.25) is 24.1 Å². The molecule has 1 aliphatic heterocycles. The summed E-state index contributed by atoms with van der Waals surface area (Å²) < 4.78 is 0. The molecule has 1 heterocycles. The zero-order chi connectivity index (χ0) is 25.5. The summed E-state index contributed by atoms with van der Waals surface area (Å²) >= 11 is 0. The Morgan fingerprint density at radius 3 is 2.35 bits per heavy atom. The number of hydrogen-bond acceptors (Lipinski definition) is 4. The van der Waals surface area contributed by atoms with Crippen LogP contribution < -0.4 is 10.6 Å². The first-order valence-electron chi connectivity index (χ1n) is 12.9. The minimum Gasteiger partial charge on any atom is -0.354 e. The van der Waals surface area contributed by atoms with E-state index in [1.165, 1.54) is 32.1 Å². The monoisotopic (exact) mass is 478 g/mol. The van der Waals surface area contributed by atoms with Crippen LogP contribution in [0.15, 0.2) is 11.6 Å². The van der Waals surface area contributed by atoms with Crippen LogP contribution in [-0.2, 0) is 19.2 Å². The van der Waals surface area contributed by atoms with Crippen LogP contribution in [-0.4, -0.2) is 72.7 Å². The fourth-order valence-corrected chi connectivity index (χ4v) is 4.42. The quantitative estimate of drug-likeness (QED) is 0.202. The Labute approximate surface area is 205 Å². The van der Waals surface area contributed by atoms with Crippen LogP contribution in [0.2, 0.25) is 0 Å². The molecule has 1 unspecified atom stereocenters. The SMILES string of the molecule is CCCCCCCCCNC(=O)C1CCCN1C(=O)C(C)=C[C@H](C(C)C)N(C)C(=O)CNC=O. The first-order chi connectivity index (χ1) is 16.2. The zero-order valence-electron chi connectivity index (χ0n) is 21.9. The lowest BCUT2D eigenvalue weighted by Crippen LogP contribution is -2.47. The number of unbranched alkanes of at least 4 members (excludes halogenated alkanes) is 6. The predicted molar refractivity (Wildman–Crippen MR) is 135 cm³/mol. The predicted octanol–water partition coefficient (Wildman–Crippen LogP) is 3.02. The van der Waals surface area contributed by atoms with Crippen LogP contribution >= 0.6 is 0 Å². The highest BCUT2D eigenvalue weighted by atomic mass is 16.2. The van der Waals surface area contributed by atoms with E-state index in [1.54, 1.807) is 29.8 Å². The molecular weight excluding hydrogens is 432 g/mol. The number of amides is 4. The molecule has 34 heavy (non-hydrogen) atoms. The van der Waals surface area contributed by atoms with Crippen LogP contribution in [0.4, 0.5) is 0 Å². The molecule has 194 valence electrons. The van der Waals surface area contributed by atoms with Gasteiger partial charge in [-0.25, -0.2) is 0 Å². The Morgan fingerprint density at radius 2 is 1.74 bits per heavy atom. The summed E-state index contributed by atoms with van der Waals surface area (Å²) in [6.45, 7) is 9.03. The van der Waals surface area contributed by atoms with Crippen molar-refractivity contribution in [2.75, 3.05) is 26.7 Å². The largest absolute Gasteiger partial charge is 0.354 e. The maximum Gasteiger partial charge on any atom is 0.249 e. The molecule has 0 bridgehead atoms. The van der Waals surface area contributed by atoms with Gasteiger partial charge >= 0.3 is 0 Å². The molecule has 4 amide bonds. The van der Waals surface area contributed by atoms with Gasteiger partial charge in [0.1, 0.15) is 6.04 Å². The van der Waals surface area contributed by atoms with Crippen molar-refractivity contribution in [3.05, 3.63) is 11.6 Å². The minimum atomic E-state index is -0.436. The Balaban J connectivity index is 2.66. The topological polar surface area (TPSA) is 98.8 Å². The van der Waals surface area contributed by atoms with Crippen LogP contribution in [0.1, 0.15) is 85.5 Å². The van der Waals surface area contributed by atoms with Crippen molar-refractivity contribution in [3.63, 3.8) is 0 Å². The lowest BCUT2D eigenvalue weighted by molar-refractivity contribution is -0.135. The van der Waals surface area contributed by atoms with Crippen molar-refractivity contribution in [3.8, 4) is 0 Å². The van der Waals surface area contributed by atoms with E-state index in [2.05, 4.69) is 17.6 Å². The van der Waals surface area contributed by atoms with Gasteiger partial charge in [0.25, 0.3) is 0 Å². The van der Waals surface area contributed by atoms with E-state index in [4.69, 9.17) is 0 Å². The lowest BCUT2D eigenvalue weighted by Gasteiger charge is -2.30. The molecule has 1 rings (SSSR count). The molecule has 0 saturated carbocycles. The third-order valence-electron chi connectivity index (χ3n) is 6.51. The number of likely N-dealkylation sites (tertiary alicyclic amines) is 1. The summed E-state index contributed by atoms with van der Waals surface area (Å²) in [5.74, 6) is -0.387. The summed E-state index contributed by atoms with van der Waals surface area (Å²) in [6, 6.07) is -0.730. The summed E-state index contributed by atoms with van der Waals surface area (Å²) in [4.78, 5) is 52.0. The average molecular weight is 479 g/mol. The van der Waals surface area contributed by atoms with Crippen molar-refractivity contribution in [2.24, 2.45) is 5.92 Å². The van der Waals surface area contributed by atoms with Gasteiger partial charge in [-0.1, -0.05) is 65.4 Å². The molecule has 0 aromatic carbocycles. The van der Waals surface area contributed by atoms with Crippen molar-refractivity contribution in [1.82, 2.24) is 20.4 Å². The van der Waals surface area contributed by atoms with E-state index in [1.807, 2.05) is 13.8 Å². The minimum absolute atomic E-state index is 0.0720. The van der Waals surface area contributed by atoms with E-state index in [0.717, 1.165) is 19.3 Å². The van der Waals surface area contributed by atoms with Gasteiger partial charge in [-0.2, -0.15) is 0 Å². The highest BCUT2D eigenvalue weighted by molar-refractivity contribution is 5.97. The normalized spacial score (nSPS) is 16.9. The molecule has 0 spiro atoms. The highest BCUT2D eigenvalue weighted by Crippen LogP contribution is 2.21. The van der Waals surface area contributed by atoms with Crippen molar-refractivity contribution in [1.29, 1.82) is 0 Å². The molecular formula is C26H46N4O4. The molecule has 0 aromatic heterocycles. The second-order valence-electron chi connectivity index (χ2n) is 9.66. The van der Waals surface area contributed by atoms with Gasteiger partial charge in [0.05, 0.1) is 12.6 Å². The molecule has 8 nitrogen and oxygen atoms in total. The van der Waals surface area contributed by atoms with Gasteiger partial charge < -0.3 is 20.4 Å². The molecule has 0 aromatic rings. The van der Waals surface area contributed by atoms with Gasteiger partial charge in [0, 0.05) is 25.7 Å². The van der Waals surface area contributed by atoms with E-state index in [0.29, 0.717) is 31.5 Å². The molecule has 1 fully saturated rings. The standard InChI is InChI=1S/C26H46N4O4/c1-6-7-8-9-10-11-12-15-28-25(33)22-14-13-16-30(22)26(34)21(4)17-23(20(2)3)29(5)24(32)18-27-19-31/h17,19-20,22-23H,6-16,18H2,1-5H3,(H,27,31)(H,28,33)/t22?,23-/m1/s1. The number of carbonyl (C=O) groups excluding carboxylic acids is 4. The van der Waals surface area contributed by atoms with Crippen LogP contribution in [0.25, 0.3) is 0 Å². The second kappa shape index (κ2) is 16.3. The van der Waals surface area contributed by atoms with Crippen molar-refractivity contribution >= 4 is 24.1 Å². The van der Waals surface area contributed by atoms with Crippen molar-refractivity contribution in [2.45, 2.75) is 97.6 Å². The van der Waals surface area contributed by atoms with Gasteiger partial charge in [0.15, 0.2) is 0 Å².